The summed E-state index contributed by atoms with van der Waals surface area (Å²) in [4.78, 5) is 4.54. The molecule has 3 heteroatoms. The number of nitrogens with zero attached hydrogens (tertiary/aromatic N) is 2. The second kappa shape index (κ2) is 8.21. The van der Waals surface area contributed by atoms with Gasteiger partial charge in [-0.2, -0.15) is 0 Å². The lowest BCUT2D eigenvalue weighted by molar-refractivity contribution is 0.293. The third-order valence-corrected chi connectivity index (χ3v) is 2.19. The predicted molar refractivity (Wildman–Crippen MR) is 63.5 cm³/mol. The Kier molecular flexibility index (Phi) is 8.14. The highest BCUT2D eigenvalue weighted by Gasteiger charge is 1.99. The lowest BCUT2D eigenvalue weighted by Crippen LogP contribution is -2.35. The lowest BCUT2D eigenvalue weighted by atomic mass is 10.1. The van der Waals surface area contributed by atoms with Crippen LogP contribution in [0.2, 0.25) is 0 Å². The summed E-state index contributed by atoms with van der Waals surface area (Å²) in [7, 11) is 6.35. The Labute approximate surface area is 89.5 Å². The summed E-state index contributed by atoms with van der Waals surface area (Å²) in [5.41, 5.74) is 0. The van der Waals surface area contributed by atoms with Gasteiger partial charge >= 0.3 is 0 Å². The van der Waals surface area contributed by atoms with Crippen LogP contribution in [-0.4, -0.2) is 57.2 Å². The Morgan fingerprint density at radius 2 is 1.71 bits per heavy atom. The maximum atomic E-state index is 3.39. The van der Waals surface area contributed by atoms with Gasteiger partial charge in [-0.1, -0.05) is 13.8 Å². The minimum Gasteiger partial charge on any atom is -0.305 e. The summed E-state index contributed by atoms with van der Waals surface area (Å²) in [6.45, 7) is 8.95. The highest BCUT2D eigenvalue weighted by Crippen LogP contribution is 1.99. The van der Waals surface area contributed by atoms with Crippen LogP contribution >= 0.6 is 0 Å². The van der Waals surface area contributed by atoms with Crippen molar-refractivity contribution in [3.8, 4) is 0 Å². The molecule has 0 fully saturated rings. The molecule has 0 atom stereocenters. The highest BCUT2D eigenvalue weighted by molar-refractivity contribution is 4.56. The monoisotopic (exact) mass is 201 g/mol. The van der Waals surface area contributed by atoms with Crippen LogP contribution in [0, 0.1) is 5.92 Å². The molecule has 86 valence electrons. The molecule has 0 aromatic heterocycles. The van der Waals surface area contributed by atoms with Gasteiger partial charge in [0.05, 0.1) is 0 Å². The molecule has 0 amide bonds. The van der Waals surface area contributed by atoms with Crippen LogP contribution < -0.4 is 5.32 Å². The Hall–Kier alpha value is -0.120. The van der Waals surface area contributed by atoms with Gasteiger partial charge in [0.2, 0.25) is 0 Å². The molecule has 0 saturated heterocycles. The third kappa shape index (κ3) is 9.96. The Morgan fingerprint density at radius 1 is 1.07 bits per heavy atom. The van der Waals surface area contributed by atoms with Crippen molar-refractivity contribution in [2.75, 3.05) is 47.4 Å². The van der Waals surface area contributed by atoms with Crippen molar-refractivity contribution in [3.63, 3.8) is 0 Å². The van der Waals surface area contributed by atoms with Gasteiger partial charge in [-0.15, -0.1) is 0 Å². The van der Waals surface area contributed by atoms with Crippen molar-refractivity contribution >= 4 is 0 Å². The van der Waals surface area contributed by atoms with Crippen molar-refractivity contribution in [1.29, 1.82) is 0 Å². The maximum absolute atomic E-state index is 3.39. The molecule has 0 bridgehead atoms. The minimum absolute atomic E-state index is 0.812. The first-order chi connectivity index (χ1) is 6.52. The van der Waals surface area contributed by atoms with E-state index in [0.29, 0.717) is 0 Å². The van der Waals surface area contributed by atoms with Gasteiger partial charge in [0, 0.05) is 19.8 Å². The normalized spacial score (nSPS) is 12.0. The molecular formula is C11H27N3. The SMILES string of the molecule is CC(C)CCN(C)CCNCN(C)C. The van der Waals surface area contributed by atoms with E-state index in [0.717, 1.165) is 25.7 Å². The van der Waals surface area contributed by atoms with E-state index in [-0.39, 0.29) is 0 Å². The van der Waals surface area contributed by atoms with E-state index in [1.807, 2.05) is 0 Å². The number of hydrogen-bond acceptors (Lipinski definition) is 3. The van der Waals surface area contributed by atoms with Crippen LogP contribution in [0.25, 0.3) is 0 Å². The van der Waals surface area contributed by atoms with Gasteiger partial charge in [0.1, 0.15) is 0 Å². The van der Waals surface area contributed by atoms with Crippen LogP contribution in [0.1, 0.15) is 20.3 Å². The summed E-state index contributed by atoms with van der Waals surface area (Å²) >= 11 is 0. The summed E-state index contributed by atoms with van der Waals surface area (Å²) in [5, 5.41) is 3.39. The van der Waals surface area contributed by atoms with Crippen molar-refractivity contribution in [2.45, 2.75) is 20.3 Å². The molecule has 1 N–H and O–H groups in total. The summed E-state index contributed by atoms with van der Waals surface area (Å²) in [5.74, 6) is 0.812. The van der Waals surface area contributed by atoms with E-state index in [1.165, 1.54) is 13.0 Å². The molecule has 0 aromatic rings. The number of rotatable bonds is 8. The van der Waals surface area contributed by atoms with Gasteiger partial charge in [-0.25, -0.2) is 0 Å². The second-order valence-corrected chi connectivity index (χ2v) is 4.72. The third-order valence-electron chi connectivity index (χ3n) is 2.19. The van der Waals surface area contributed by atoms with Gasteiger partial charge in [0.25, 0.3) is 0 Å². The van der Waals surface area contributed by atoms with Crippen LogP contribution in [0.3, 0.4) is 0 Å². The molecule has 0 spiro atoms. The molecule has 0 radical (unpaired) electrons. The molecule has 0 aromatic carbocycles. The summed E-state index contributed by atoms with van der Waals surface area (Å²) in [6.07, 6.45) is 1.30. The zero-order chi connectivity index (χ0) is 11.0. The molecule has 0 aliphatic rings. The van der Waals surface area contributed by atoms with E-state index >= 15 is 0 Å². The fourth-order valence-corrected chi connectivity index (χ4v) is 1.16. The smallest absolute Gasteiger partial charge is 0.0475 e. The van der Waals surface area contributed by atoms with Crippen molar-refractivity contribution < 1.29 is 0 Å². The maximum Gasteiger partial charge on any atom is 0.0475 e. The largest absolute Gasteiger partial charge is 0.305 e. The average Bonchev–Trinajstić information content (AvgIpc) is 2.08. The predicted octanol–water partition coefficient (Wildman–Crippen LogP) is 1.07. The first-order valence-electron chi connectivity index (χ1n) is 5.56. The highest BCUT2D eigenvalue weighted by atomic mass is 15.2. The first kappa shape index (κ1) is 13.9. The molecule has 0 heterocycles. The molecule has 14 heavy (non-hydrogen) atoms. The van der Waals surface area contributed by atoms with Crippen molar-refractivity contribution in [2.24, 2.45) is 5.92 Å². The van der Waals surface area contributed by atoms with Gasteiger partial charge in [-0.3, -0.25) is 4.90 Å². The van der Waals surface area contributed by atoms with Gasteiger partial charge < -0.3 is 10.2 Å². The molecule has 0 unspecified atom stereocenters. The van der Waals surface area contributed by atoms with E-state index < -0.39 is 0 Å². The fourth-order valence-electron chi connectivity index (χ4n) is 1.16. The van der Waals surface area contributed by atoms with Crippen molar-refractivity contribution in [3.05, 3.63) is 0 Å². The molecule has 3 nitrogen and oxygen atoms in total. The number of nitrogens with one attached hydrogen (secondary N) is 1. The van der Waals surface area contributed by atoms with Crippen LogP contribution in [-0.2, 0) is 0 Å². The van der Waals surface area contributed by atoms with Crippen LogP contribution in [0.5, 0.6) is 0 Å². The number of hydrogen-bond donors (Lipinski definition) is 1. The van der Waals surface area contributed by atoms with E-state index in [2.05, 4.69) is 50.1 Å². The Bertz CT molecular complexity index is 124. The summed E-state index contributed by atoms with van der Waals surface area (Å²) in [6, 6.07) is 0. The van der Waals surface area contributed by atoms with Gasteiger partial charge in [-0.05, 0) is 40.0 Å². The average molecular weight is 201 g/mol. The second-order valence-electron chi connectivity index (χ2n) is 4.72. The number of likely N-dealkylation sites (N-methyl/N-ethyl adjacent to an activating group) is 1. The van der Waals surface area contributed by atoms with Gasteiger partial charge in [0.15, 0.2) is 0 Å². The van der Waals surface area contributed by atoms with E-state index in [1.54, 1.807) is 0 Å². The molecule has 0 saturated carbocycles. The summed E-state index contributed by atoms with van der Waals surface area (Å²) < 4.78 is 0. The van der Waals surface area contributed by atoms with E-state index in [4.69, 9.17) is 0 Å². The molecule has 0 aliphatic heterocycles. The van der Waals surface area contributed by atoms with E-state index in [9.17, 15) is 0 Å². The lowest BCUT2D eigenvalue weighted by Gasteiger charge is -2.19. The van der Waals surface area contributed by atoms with Crippen molar-refractivity contribution in [1.82, 2.24) is 15.1 Å². The quantitative estimate of drug-likeness (QED) is 0.468. The minimum atomic E-state index is 0.812. The standard InChI is InChI=1S/C11H27N3/c1-11(2)6-8-14(5)9-7-12-10-13(3)4/h11-12H,6-10H2,1-5H3. The molecular weight excluding hydrogens is 174 g/mol. The van der Waals surface area contributed by atoms with Crippen LogP contribution in [0.15, 0.2) is 0 Å². The Balaban J connectivity index is 3.22. The molecule has 0 rings (SSSR count). The first-order valence-corrected chi connectivity index (χ1v) is 5.56. The zero-order valence-electron chi connectivity index (χ0n) is 10.5. The fraction of sp³-hybridized carbons (Fsp3) is 1.00. The molecule has 0 aliphatic carbocycles. The Morgan fingerprint density at radius 3 is 2.21 bits per heavy atom. The zero-order valence-corrected chi connectivity index (χ0v) is 10.5. The topological polar surface area (TPSA) is 18.5 Å². The van der Waals surface area contributed by atoms with Crippen LogP contribution in [0.4, 0.5) is 0 Å².